The van der Waals surface area contributed by atoms with Gasteiger partial charge in [-0.15, -0.1) is 0 Å². The number of aromatic nitrogens is 1. The molecule has 1 amide bonds. The molecular weight excluding hydrogens is 346 g/mol. The van der Waals surface area contributed by atoms with Crippen LogP contribution in [0, 0.1) is 11.8 Å². The molecule has 7 heteroatoms. The highest BCUT2D eigenvalue weighted by molar-refractivity contribution is 5.93. The van der Waals surface area contributed by atoms with Gasteiger partial charge in [-0.2, -0.15) is 0 Å². The number of aliphatic hydroxyl groups is 1. The molecular formula is C20H31N3O4. The van der Waals surface area contributed by atoms with E-state index in [1.807, 2.05) is 6.07 Å². The van der Waals surface area contributed by atoms with Crippen molar-refractivity contribution in [1.82, 2.24) is 10.3 Å². The van der Waals surface area contributed by atoms with Crippen molar-refractivity contribution < 1.29 is 19.4 Å². The highest BCUT2D eigenvalue weighted by atomic mass is 16.5. The third-order valence-corrected chi connectivity index (χ3v) is 5.06. The normalized spacial score (nSPS) is 18.3. The van der Waals surface area contributed by atoms with Gasteiger partial charge in [0.15, 0.2) is 0 Å². The SMILES string of the molecule is COC1CN(c2ccc(C(=O)N[C@H](CO)CC(C)C)nc2OCC2CC2)C1. The Morgan fingerprint density at radius 3 is 2.70 bits per heavy atom. The molecule has 3 rings (SSSR count). The smallest absolute Gasteiger partial charge is 0.270 e. The summed E-state index contributed by atoms with van der Waals surface area (Å²) in [6.45, 7) is 6.27. The molecule has 0 spiro atoms. The lowest BCUT2D eigenvalue weighted by molar-refractivity contribution is 0.0782. The molecule has 1 aromatic heterocycles. The highest BCUT2D eigenvalue weighted by Crippen LogP contribution is 2.34. The maximum Gasteiger partial charge on any atom is 0.270 e. The minimum Gasteiger partial charge on any atom is -0.476 e. The third kappa shape index (κ3) is 5.32. The molecule has 2 N–H and O–H groups in total. The van der Waals surface area contributed by atoms with E-state index >= 15 is 0 Å². The molecule has 2 heterocycles. The summed E-state index contributed by atoms with van der Waals surface area (Å²) in [6, 6.07) is 3.35. The fourth-order valence-electron chi connectivity index (χ4n) is 3.18. The van der Waals surface area contributed by atoms with Crippen molar-refractivity contribution in [3.63, 3.8) is 0 Å². The standard InChI is InChI=1S/C20H31N3O4/c1-13(2)8-15(11-24)21-19(25)17-6-7-18(23-9-16(10-23)26-3)20(22-17)27-12-14-4-5-14/h6-7,13-16,24H,4-5,8-12H2,1-3H3,(H,21,25)/t15-/m0/s1. The number of ether oxygens (including phenoxy) is 2. The number of anilines is 1. The molecule has 7 nitrogen and oxygen atoms in total. The Morgan fingerprint density at radius 2 is 2.11 bits per heavy atom. The molecule has 1 aromatic rings. The number of pyridine rings is 1. The van der Waals surface area contributed by atoms with Gasteiger partial charge < -0.3 is 24.8 Å². The summed E-state index contributed by atoms with van der Waals surface area (Å²) < 4.78 is 11.3. The van der Waals surface area contributed by atoms with E-state index in [4.69, 9.17) is 9.47 Å². The van der Waals surface area contributed by atoms with E-state index in [2.05, 4.69) is 29.0 Å². The summed E-state index contributed by atoms with van der Waals surface area (Å²) in [6.07, 6.45) is 3.33. The van der Waals surface area contributed by atoms with Crippen molar-refractivity contribution in [1.29, 1.82) is 0 Å². The average Bonchev–Trinajstić information content (AvgIpc) is 3.43. The Kier molecular flexibility index (Phi) is 6.55. The quantitative estimate of drug-likeness (QED) is 0.647. The van der Waals surface area contributed by atoms with Crippen LogP contribution in [0.4, 0.5) is 5.69 Å². The number of hydrogen-bond donors (Lipinski definition) is 2. The van der Waals surface area contributed by atoms with E-state index in [9.17, 15) is 9.90 Å². The number of carbonyl (C=O) groups excluding carboxylic acids is 1. The molecule has 1 aliphatic carbocycles. The van der Waals surface area contributed by atoms with E-state index in [1.54, 1.807) is 13.2 Å². The number of nitrogens with one attached hydrogen (secondary N) is 1. The molecule has 0 bridgehead atoms. The first kappa shape index (κ1) is 19.9. The summed E-state index contributed by atoms with van der Waals surface area (Å²) >= 11 is 0. The molecule has 1 saturated carbocycles. The molecule has 1 aliphatic heterocycles. The predicted molar refractivity (Wildman–Crippen MR) is 103 cm³/mol. The van der Waals surface area contributed by atoms with Crippen LogP contribution in [-0.4, -0.2) is 61.6 Å². The van der Waals surface area contributed by atoms with Gasteiger partial charge in [-0.05, 0) is 43.2 Å². The van der Waals surface area contributed by atoms with Gasteiger partial charge >= 0.3 is 0 Å². The number of nitrogens with zero attached hydrogens (tertiary/aromatic N) is 2. The van der Waals surface area contributed by atoms with Gasteiger partial charge in [-0.3, -0.25) is 4.79 Å². The van der Waals surface area contributed by atoms with Crippen molar-refractivity contribution in [2.24, 2.45) is 11.8 Å². The minimum atomic E-state index is -0.282. The Hall–Kier alpha value is -1.86. The lowest BCUT2D eigenvalue weighted by atomic mass is 10.0. The maximum absolute atomic E-state index is 12.6. The van der Waals surface area contributed by atoms with Crippen molar-refractivity contribution in [3.05, 3.63) is 17.8 Å². The molecule has 0 radical (unpaired) electrons. The van der Waals surface area contributed by atoms with Crippen molar-refractivity contribution >= 4 is 11.6 Å². The summed E-state index contributed by atoms with van der Waals surface area (Å²) in [7, 11) is 1.72. The van der Waals surface area contributed by atoms with Crippen LogP contribution in [0.15, 0.2) is 12.1 Å². The van der Waals surface area contributed by atoms with Gasteiger partial charge in [0.2, 0.25) is 5.88 Å². The van der Waals surface area contributed by atoms with Gasteiger partial charge in [0.1, 0.15) is 11.4 Å². The predicted octanol–water partition coefficient (Wildman–Crippen LogP) is 1.84. The summed E-state index contributed by atoms with van der Waals surface area (Å²) in [5, 5.41) is 12.4. The molecule has 27 heavy (non-hydrogen) atoms. The van der Waals surface area contributed by atoms with Crippen LogP contribution in [0.2, 0.25) is 0 Å². The average molecular weight is 377 g/mol. The maximum atomic E-state index is 12.6. The minimum absolute atomic E-state index is 0.0841. The number of carbonyl (C=O) groups is 1. The zero-order valence-electron chi connectivity index (χ0n) is 16.5. The number of hydrogen-bond acceptors (Lipinski definition) is 6. The van der Waals surface area contributed by atoms with Crippen LogP contribution in [0.1, 0.15) is 43.6 Å². The van der Waals surface area contributed by atoms with Crippen molar-refractivity contribution in [3.8, 4) is 5.88 Å². The lowest BCUT2D eigenvalue weighted by Crippen LogP contribution is -2.52. The van der Waals surface area contributed by atoms with E-state index in [0.717, 1.165) is 25.2 Å². The summed E-state index contributed by atoms with van der Waals surface area (Å²) in [5.74, 6) is 1.21. The summed E-state index contributed by atoms with van der Waals surface area (Å²) in [5.41, 5.74) is 1.22. The van der Waals surface area contributed by atoms with Crippen LogP contribution in [0.25, 0.3) is 0 Å². The molecule has 150 valence electrons. The van der Waals surface area contributed by atoms with Crippen LogP contribution >= 0.6 is 0 Å². The van der Waals surface area contributed by atoms with Gasteiger partial charge in [0, 0.05) is 20.2 Å². The van der Waals surface area contributed by atoms with Crippen LogP contribution < -0.4 is 15.0 Å². The van der Waals surface area contributed by atoms with Crippen molar-refractivity contribution in [2.45, 2.75) is 45.3 Å². The van der Waals surface area contributed by atoms with Crippen molar-refractivity contribution in [2.75, 3.05) is 38.3 Å². The first-order valence-electron chi connectivity index (χ1n) is 9.83. The van der Waals surface area contributed by atoms with Gasteiger partial charge in [-0.25, -0.2) is 4.98 Å². The van der Waals surface area contributed by atoms with Crippen LogP contribution in [-0.2, 0) is 4.74 Å². The fourth-order valence-corrected chi connectivity index (χ4v) is 3.18. The Bertz CT molecular complexity index is 642. The molecule has 0 unspecified atom stereocenters. The Balaban J connectivity index is 1.71. The van der Waals surface area contributed by atoms with Gasteiger partial charge in [-0.1, -0.05) is 13.8 Å². The van der Waals surface area contributed by atoms with E-state index in [0.29, 0.717) is 30.0 Å². The third-order valence-electron chi connectivity index (χ3n) is 5.06. The second kappa shape index (κ2) is 8.89. The number of aliphatic hydroxyl groups excluding tert-OH is 1. The lowest BCUT2D eigenvalue weighted by Gasteiger charge is -2.40. The Morgan fingerprint density at radius 1 is 1.37 bits per heavy atom. The first-order valence-corrected chi connectivity index (χ1v) is 9.83. The zero-order valence-corrected chi connectivity index (χ0v) is 16.5. The molecule has 1 atom stereocenters. The molecule has 1 saturated heterocycles. The van der Waals surface area contributed by atoms with Gasteiger partial charge in [0.05, 0.1) is 25.4 Å². The van der Waals surface area contributed by atoms with E-state index in [-0.39, 0.29) is 24.7 Å². The topological polar surface area (TPSA) is 83.9 Å². The highest BCUT2D eigenvalue weighted by Gasteiger charge is 2.31. The number of methoxy groups -OCH3 is 1. The Labute approximate surface area is 161 Å². The second-order valence-electron chi connectivity index (χ2n) is 8.02. The summed E-state index contributed by atoms with van der Waals surface area (Å²) in [4.78, 5) is 19.2. The number of rotatable bonds is 10. The monoisotopic (exact) mass is 377 g/mol. The fraction of sp³-hybridized carbons (Fsp3) is 0.700. The van der Waals surface area contributed by atoms with E-state index < -0.39 is 0 Å². The van der Waals surface area contributed by atoms with Gasteiger partial charge in [0.25, 0.3) is 5.91 Å². The molecule has 2 fully saturated rings. The van der Waals surface area contributed by atoms with E-state index in [1.165, 1.54) is 12.8 Å². The van der Waals surface area contributed by atoms with Crippen LogP contribution in [0.5, 0.6) is 5.88 Å². The van der Waals surface area contributed by atoms with Crippen LogP contribution in [0.3, 0.4) is 0 Å². The molecule has 2 aliphatic rings. The second-order valence-corrected chi connectivity index (χ2v) is 8.02. The first-order chi connectivity index (χ1) is 13.0. The largest absolute Gasteiger partial charge is 0.476 e. The number of amides is 1. The zero-order chi connectivity index (χ0) is 19.4. The molecule has 0 aromatic carbocycles.